The lowest BCUT2D eigenvalue weighted by molar-refractivity contribution is 0.0410. The second-order valence-electron chi connectivity index (χ2n) is 3.48. The molecule has 0 aromatic heterocycles. The lowest BCUT2D eigenvalue weighted by atomic mass is 9.97. The van der Waals surface area contributed by atoms with Gasteiger partial charge in [0.05, 0.1) is 12.7 Å². The summed E-state index contributed by atoms with van der Waals surface area (Å²) in [5.74, 6) is -0.151. The van der Waals surface area contributed by atoms with E-state index < -0.39 is 0 Å². The molecule has 0 aliphatic carbocycles. The Morgan fingerprint density at radius 2 is 2.43 bits per heavy atom. The van der Waals surface area contributed by atoms with Crippen LogP contribution in [0.4, 0.5) is 4.39 Å². The number of halogens is 1. The zero-order valence-corrected chi connectivity index (χ0v) is 8.22. The predicted molar refractivity (Wildman–Crippen MR) is 52.7 cm³/mol. The highest BCUT2D eigenvalue weighted by atomic mass is 19.1. The molecule has 0 spiro atoms. The molecular formula is C11H14FNO. The molecule has 0 unspecified atom stereocenters. The molecule has 0 fully saturated rings. The molecule has 14 heavy (non-hydrogen) atoms. The minimum Gasteiger partial charge on any atom is -0.372 e. The Bertz CT molecular complexity index is 327. The smallest absolute Gasteiger partial charge is 0.129 e. The van der Waals surface area contributed by atoms with E-state index in [2.05, 4.69) is 5.32 Å². The van der Waals surface area contributed by atoms with Crippen molar-refractivity contribution in [2.75, 3.05) is 20.2 Å². The van der Waals surface area contributed by atoms with Gasteiger partial charge in [-0.15, -0.1) is 0 Å². The van der Waals surface area contributed by atoms with Gasteiger partial charge in [-0.05, 0) is 25.1 Å². The highest BCUT2D eigenvalue weighted by Crippen LogP contribution is 2.28. The standard InChI is InChI=1S/C11H14FNO/c1-13-7-10-11-8(5-6-14-10)3-2-4-9(11)12/h2-4,10,13H,5-7H2,1H3/t10-/m0/s1. The van der Waals surface area contributed by atoms with Crippen molar-refractivity contribution >= 4 is 0 Å². The fourth-order valence-corrected chi connectivity index (χ4v) is 1.90. The van der Waals surface area contributed by atoms with Crippen molar-refractivity contribution in [3.05, 3.63) is 35.1 Å². The maximum absolute atomic E-state index is 13.5. The molecule has 2 rings (SSSR count). The Hall–Kier alpha value is -0.930. The van der Waals surface area contributed by atoms with Gasteiger partial charge < -0.3 is 10.1 Å². The van der Waals surface area contributed by atoms with Crippen molar-refractivity contribution in [1.82, 2.24) is 5.32 Å². The van der Waals surface area contributed by atoms with Crippen LogP contribution in [0, 0.1) is 5.82 Å². The maximum Gasteiger partial charge on any atom is 0.129 e. The molecule has 1 aliphatic heterocycles. The van der Waals surface area contributed by atoms with Crippen molar-refractivity contribution < 1.29 is 9.13 Å². The van der Waals surface area contributed by atoms with Crippen LogP contribution in [0.1, 0.15) is 17.2 Å². The summed E-state index contributed by atoms with van der Waals surface area (Å²) < 4.78 is 19.1. The minimum atomic E-state index is -0.151. The number of likely N-dealkylation sites (N-methyl/N-ethyl adjacent to an activating group) is 1. The molecule has 0 radical (unpaired) electrons. The van der Waals surface area contributed by atoms with E-state index >= 15 is 0 Å². The Morgan fingerprint density at radius 1 is 1.57 bits per heavy atom. The fourth-order valence-electron chi connectivity index (χ4n) is 1.90. The van der Waals surface area contributed by atoms with E-state index in [1.807, 2.05) is 13.1 Å². The summed E-state index contributed by atoms with van der Waals surface area (Å²) in [4.78, 5) is 0. The molecule has 1 aromatic carbocycles. The van der Waals surface area contributed by atoms with Crippen LogP contribution in [0.5, 0.6) is 0 Å². The molecule has 1 heterocycles. The first-order valence-corrected chi connectivity index (χ1v) is 4.86. The molecule has 76 valence electrons. The summed E-state index contributed by atoms with van der Waals surface area (Å²) >= 11 is 0. The van der Waals surface area contributed by atoms with E-state index in [0.29, 0.717) is 13.2 Å². The van der Waals surface area contributed by atoms with Crippen LogP contribution < -0.4 is 5.32 Å². The fraction of sp³-hybridized carbons (Fsp3) is 0.455. The largest absolute Gasteiger partial charge is 0.372 e. The summed E-state index contributed by atoms with van der Waals surface area (Å²) in [6, 6.07) is 5.23. The molecule has 2 nitrogen and oxygen atoms in total. The second-order valence-corrected chi connectivity index (χ2v) is 3.48. The zero-order chi connectivity index (χ0) is 9.97. The van der Waals surface area contributed by atoms with Crippen LogP contribution >= 0.6 is 0 Å². The highest BCUT2D eigenvalue weighted by Gasteiger charge is 2.23. The minimum absolute atomic E-state index is 0.134. The molecule has 1 aliphatic rings. The van der Waals surface area contributed by atoms with Gasteiger partial charge in [0.25, 0.3) is 0 Å². The molecule has 0 saturated carbocycles. The quantitative estimate of drug-likeness (QED) is 0.775. The van der Waals surface area contributed by atoms with Gasteiger partial charge in [-0.2, -0.15) is 0 Å². The third kappa shape index (κ3) is 1.65. The molecular weight excluding hydrogens is 181 g/mol. The lowest BCUT2D eigenvalue weighted by Crippen LogP contribution is -2.26. The van der Waals surface area contributed by atoms with Crippen LogP contribution in [0.15, 0.2) is 18.2 Å². The summed E-state index contributed by atoms with van der Waals surface area (Å²) in [5, 5.41) is 3.01. The SMILES string of the molecule is CNC[C@@H]1OCCc2cccc(F)c21. The number of nitrogens with one attached hydrogen (secondary N) is 1. The normalized spacial score (nSPS) is 20.6. The number of hydrogen-bond acceptors (Lipinski definition) is 2. The van der Waals surface area contributed by atoms with E-state index in [0.717, 1.165) is 17.5 Å². The van der Waals surface area contributed by atoms with E-state index in [1.165, 1.54) is 6.07 Å². The van der Waals surface area contributed by atoms with Gasteiger partial charge in [-0.25, -0.2) is 4.39 Å². The van der Waals surface area contributed by atoms with Gasteiger partial charge in [0, 0.05) is 12.1 Å². The van der Waals surface area contributed by atoms with E-state index in [4.69, 9.17) is 4.74 Å². The van der Waals surface area contributed by atoms with Crippen LogP contribution in [0.2, 0.25) is 0 Å². The van der Waals surface area contributed by atoms with Crippen molar-refractivity contribution in [1.29, 1.82) is 0 Å². The van der Waals surface area contributed by atoms with Gasteiger partial charge >= 0.3 is 0 Å². The van der Waals surface area contributed by atoms with Crippen molar-refractivity contribution in [2.24, 2.45) is 0 Å². The molecule has 1 aromatic rings. The number of hydrogen-bond donors (Lipinski definition) is 1. The first-order chi connectivity index (χ1) is 6.83. The third-order valence-corrected chi connectivity index (χ3v) is 2.55. The second kappa shape index (κ2) is 4.07. The van der Waals surface area contributed by atoms with E-state index in [1.54, 1.807) is 6.07 Å². The van der Waals surface area contributed by atoms with Gasteiger partial charge in [0.2, 0.25) is 0 Å². The Balaban J connectivity index is 2.36. The first-order valence-electron chi connectivity index (χ1n) is 4.86. The summed E-state index contributed by atoms with van der Waals surface area (Å²) in [7, 11) is 1.85. The Labute approximate surface area is 83.1 Å². The Kier molecular flexibility index (Phi) is 2.79. The zero-order valence-electron chi connectivity index (χ0n) is 8.22. The topological polar surface area (TPSA) is 21.3 Å². The average molecular weight is 195 g/mol. The number of ether oxygens (including phenoxy) is 1. The van der Waals surface area contributed by atoms with Gasteiger partial charge in [0.1, 0.15) is 5.82 Å². The third-order valence-electron chi connectivity index (χ3n) is 2.55. The molecule has 3 heteroatoms. The first kappa shape index (κ1) is 9.62. The van der Waals surface area contributed by atoms with Crippen LogP contribution in [-0.4, -0.2) is 20.2 Å². The summed E-state index contributed by atoms with van der Waals surface area (Å²) in [6.45, 7) is 1.34. The number of fused-ring (bicyclic) bond motifs is 1. The van der Waals surface area contributed by atoms with Crippen molar-refractivity contribution in [2.45, 2.75) is 12.5 Å². The molecule has 0 saturated heterocycles. The van der Waals surface area contributed by atoms with Gasteiger partial charge in [0.15, 0.2) is 0 Å². The summed E-state index contributed by atoms with van der Waals surface area (Å²) in [5.41, 5.74) is 1.81. The van der Waals surface area contributed by atoms with Crippen LogP contribution in [-0.2, 0) is 11.2 Å². The van der Waals surface area contributed by atoms with E-state index in [-0.39, 0.29) is 11.9 Å². The van der Waals surface area contributed by atoms with Crippen molar-refractivity contribution in [3.63, 3.8) is 0 Å². The lowest BCUT2D eigenvalue weighted by Gasteiger charge is -2.26. The maximum atomic E-state index is 13.5. The van der Waals surface area contributed by atoms with Gasteiger partial charge in [-0.1, -0.05) is 12.1 Å². The van der Waals surface area contributed by atoms with Crippen molar-refractivity contribution in [3.8, 4) is 0 Å². The molecule has 1 atom stereocenters. The molecule has 0 bridgehead atoms. The van der Waals surface area contributed by atoms with E-state index in [9.17, 15) is 4.39 Å². The van der Waals surface area contributed by atoms with Crippen LogP contribution in [0.3, 0.4) is 0 Å². The number of benzene rings is 1. The molecule has 0 amide bonds. The predicted octanol–water partition coefficient (Wildman–Crippen LogP) is 1.66. The monoisotopic (exact) mass is 195 g/mol. The molecule has 1 N–H and O–H groups in total. The van der Waals surface area contributed by atoms with Gasteiger partial charge in [-0.3, -0.25) is 0 Å². The average Bonchev–Trinajstić information content (AvgIpc) is 2.19. The Morgan fingerprint density at radius 3 is 3.21 bits per heavy atom. The number of rotatable bonds is 2. The van der Waals surface area contributed by atoms with Crippen LogP contribution in [0.25, 0.3) is 0 Å². The summed E-state index contributed by atoms with van der Waals surface area (Å²) in [6.07, 6.45) is 0.678. The highest BCUT2D eigenvalue weighted by molar-refractivity contribution is 5.32.